The zero-order valence-corrected chi connectivity index (χ0v) is 16.0. The third kappa shape index (κ3) is 4.73. The fraction of sp³-hybridized carbons (Fsp3) is 0.333. The zero-order chi connectivity index (χ0) is 19.9. The van der Waals surface area contributed by atoms with E-state index < -0.39 is 0 Å². The van der Waals surface area contributed by atoms with Crippen molar-refractivity contribution in [3.63, 3.8) is 0 Å². The van der Waals surface area contributed by atoms with E-state index >= 15 is 0 Å². The van der Waals surface area contributed by atoms with E-state index in [9.17, 15) is 9.59 Å². The lowest BCUT2D eigenvalue weighted by Crippen LogP contribution is -2.17. The summed E-state index contributed by atoms with van der Waals surface area (Å²) in [6.45, 7) is 2.99. The molecule has 28 heavy (non-hydrogen) atoms. The number of hydrogen-bond acceptors (Lipinski definition) is 5. The molecular weight excluding hydrogens is 360 g/mol. The SMILES string of the molecule is CCCCC(=O)Nc1ccc(NC(=O)c2ccc3c(c2)OCCO3)cc1OC. The molecule has 0 atom stereocenters. The van der Waals surface area contributed by atoms with Gasteiger partial charge in [0.25, 0.3) is 5.91 Å². The molecule has 0 radical (unpaired) electrons. The largest absolute Gasteiger partial charge is 0.494 e. The number of nitrogens with one attached hydrogen (secondary N) is 2. The number of amides is 2. The number of benzene rings is 2. The lowest BCUT2D eigenvalue weighted by Gasteiger charge is -2.18. The Bertz CT molecular complexity index is 866. The summed E-state index contributed by atoms with van der Waals surface area (Å²) in [4.78, 5) is 24.5. The van der Waals surface area contributed by atoms with Gasteiger partial charge in [0.2, 0.25) is 5.91 Å². The maximum atomic E-state index is 12.6. The topological polar surface area (TPSA) is 85.9 Å². The van der Waals surface area contributed by atoms with Crippen LogP contribution in [-0.2, 0) is 4.79 Å². The van der Waals surface area contributed by atoms with Crippen LogP contribution in [-0.4, -0.2) is 32.1 Å². The van der Waals surface area contributed by atoms with Gasteiger partial charge in [0.1, 0.15) is 19.0 Å². The second-order valence-electron chi connectivity index (χ2n) is 6.38. The fourth-order valence-electron chi connectivity index (χ4n) is 2.81. The van der Waals surface area contributed by atoms with Crippen LogP contribution in [0.15, 0.2) is 36.4 Å². The van der Waals surface area contributed by atoms with E-state index in [2.05, 4.69) is 10.6 Å². The Balaban J connectivity index is 1.70. The first-order valence-electron chi connectivity index (χ1n) is 9.29. The molecular formula is C21H24N2O5. The monoisotopic (exact) mass is 384 g/mol. The zero-order valence-electron chi connectivity index (χ0n) is 16.0. The summed E-state index contributed by atoms with van der Waals surface area (Å²) in [7, 11) is 1.52. The van der Waals surface area contributed by atoms with Crippen LogP contribution in [0, 0.1) is 0 Å². The number of hydrogen-bond donors (Lipinski definition) is 2. The highest BCUT2D eigenvalue weighted by Crippen LogP contribution is 2.32. The van der Waals surface area contributed by atoms with Gasteiger partial charge < -0.3 is 24.8 Å². The highest BCUT2D eigenvalue weighted by molar-refractivity contribution is 6.05. The lowest BCUT2D eigenvalue weighted by molar-refractivity contribution is -0.116. The fourth-order valence-corrected chi connectivity index (χ4v) is 2.81. The van der Waals surface area contributed by atoms with Crippen molar-refractivity contribution in [3.8, 4) is 17.2 Å². The van der Waals surface area contributed by atoms with Gasteiger partial charge in [-0.15, -0.1) is 0 Å². The van der Waals surface area contributed by atoms with Crippen molar-refractivity contribution in [2.45, 2.75) is 26.2 Å². The van der Waals surface area contributed by atoms with Gasteiger partial charge in [-0.1, -0.05) is 13.3 Å². The van der Waals surface area contributed by atoms with Crippen LogP contribution < -0.4 is 24.8 Å². The van der Waals surface area contributed by atoms with Crippen molar-refractivity contribution in [1.29, 1.82) is 0 Å². The number of anilines is 2. The molecule has 7 nitrogen and oxygen atoms in total. The average Bonchev–Trinajstić information content (AvgIpc) is 2.72. The molecule has 0 aliphatic carbocycles. The van der Waals surface area contributed by atoms with Crippen molar-refractivity contribution < 1.29 is 23.8 Å². The summed E-state index contributed by atoms with van der Waals surface area (Å²) < 4.78 is 16.3. The maximum Gasteiger partial charge on any atom is 0.255 e. The Labute approximate surface area is 164 Å². The van der Waals surface area contributed by atoms with Crippen molar-refractivity contribution in [1.82, 2.24) is 0 Å². The Morgan fingerprint density at radius 1 is 1.04 bits per heavy atom. The van der Waals surface area contributed by atoms with Crippen LogP contribution in [0.1, 0.15) is 36.5 Å². The van der Waals surface area contributed by atoms with Crippen LogP contribution in [0.4, 0.5) is 11.4 Å². The molecule has 2 aromatic carbocycles. The van der Waals surface area contributed by atoms with Crippen LogP contribution in [0.25, 0.3) is 0 Å². The molecule has 0 spiro atoms. The molecule has 148 valence electrons. The van der Waals surface area contributed by atoms with Gasteiger partial charge in [0.05, 0.1) is 12.8 Å². The smallest absolute Gasteiger partial charge is 0.255 e. The molecule has 2 amide bonds. The van der Waals surface area contributed by atoms with Gasteiger partial charge in [0.15, 0.2) is 11.5 Å². The predicted molar refractivity (Wildman–Crippen MR) is 107 cm³/mol. The third-order valence-corrected chi connectivity index (χ3v) is 4.30. The Kier molecular flexibility index (Phi) is 6.37. The standard InChI is InChI=1S/C21H24N2O5/c1-3-4-5-20(24)23-16-8-7-15(13-18(16)26-2)22-21(25)14-6-9-17-19(12-14)28-11-10-27-17/h6-9,12-13H,3-5,10-11H2,1-2H3,(H,22,25)(H,23,24). The summed E-state index contributed by atoms with van der Waals surface area (Å²) in [5.74, 6) is 1.33. The van der Waals surface area contributed by atoms with E-state index in [0.29, 0.717) is 53.8 Å². The van der Waals surface area contributed by atoms with Crippen molar-refractivity contribution >= 4 is 23.2 Å². The van der Waals surface area contributed by atoms with Crippen LogP contribution in [0.2, 0.25) is 0 Å². The highest BCUT2D eigenvalue weighted by Gasteiger charge is 2.16. The summed E-state index contributed by atoms with van der Waals surface area (Å²) in [6, 6.07) is 10.2. The van der Waals surface area contributed by atoms with Crippen LogP contribution >= 0.6 is 0 Å². The molecule has 0 saturated carbocycles. The minimum atomic E-state index is -0.279. The normalized spacial score (nSPS) is 12.2. The van der Waals surface area contributed by atoms with Gasteiger partial charge in [-0.05, 0) is 36.8 Å². The molecule has 1 aliphatic rings. The number of fused-ring (bicyclic) bond motifs is 1. The molecule has 0 bridgehead atoms. The number of carbonyl (C=O) groups excluding carboxylic acids is 2. The van der Waals surface area contributed by atoms with E-state index in [1.54, 1.807) is 36.4 Å². The molecule has 3 rings (SSSR count). The van der Waals surface area contributed by atoms with Gasteiger partial charge in [0, 0.05) is 23.7 Å². The van der Waals surface area contributed by atoms with E-state index in [1.807, 2.05) is 6.92 Å². The third-order valence-electron chi connectivity index (χ3n) is 4.30. The highest BCUT2D eigenvalue weighted by atomic mass is 16.6. The Morgan fingerprint density at radius 2 is 1.82 bits per heavy atom. The van der Waals surface area contributed by atoms with Crippen molar-refractivity contribution in [2.24, 2.45) is 0 Å². The molecule has 0 aromatic heterocycles. The first kappa shape index (κ1) is 19.5. The van der Waals surface area contributed by atoms with E-state index in [1.165, 1.54) is 7.11 Å². The van der Waals surface area contributed by atoms with Gasteiger partial charge in [-0.3, -0.25) is 9.59 Å². The van der Waals surface area contributed by atoms with Gasteiger partial charge in [-0.2, -0.15) is 0 Å². The number of ether oxygens (including phenoxy) is 3. The van der Waals surface area contributed by atoms with Crippen LogP contribution in [0.3, 0.4) is 0 Å². The predicted octanol–water partition coefficient (Wildman–Crippen LogP) is 3.85. The first-order chi connectivity index (χ1) is 13.6. The summed E-state index contributed by atoms with van der Waals surface area (Å²) in [5, 5.41) is 5.66. The van der Waals surface area contributed by atoms with E-state index in [-0.39, 0.29) is 11.8 Å². The summed E-state index contributed by atoms with van der Waals surface area (Å²) in [5.41, 5.74) is 1.59. The van der Waals surface area contributed by atoms with Gasteiger partial charge in [-0.25, -0.2) is 0 Å². The molecule has 2 aromatic rings. The molecule has 1 heterocycles. The van der Waals surface area contributed by atoms with Crippen molar-refractivity contribution in [3.05, 3.63) is 42.0 Å². The molecule has 2 N–H and O–H groups in total. The van der Waals surface area contributed by atoms with E-state index in [0.717, 1.165) is 12.8 Å². The lowest BCUT2D eigenvalue weighted by atomic mass is 10.1. The second kappa shape index (κ2) is 9.12. The number of rotatable bonds is 7. The summed E-state index contributed by atoms with van der Waals surface area (Å²) >= 11 is 0. The summed E-state index contributed by atoms with van der Waals surface area (Å²) in [6.07, 6.45) is 2.25. The maximum absolute atomic E-state index is 12.6. The first-order valence-corrected chi connectivity index (χ1v) is 9.29. The molecule has 7 heteroatoms. The molecule has 0 fully saturated rings. The molecule has 0 unspecified atom stereocenters. The number of unbranched alkanes of at least 4 members (excludes halogenated alkanes) is 1. The minimum absolute atomic E-state index is 0.0618. The Morgan fingerprint density at radius 3 is 2.57 bits per heavy atom. The average molecular weight is 384 g/mol. The molecule has 1 aliphatic heterocycles. The second-order valence-corrected chi connectivity index (χ2v) is 6.38. The number of methoxy groups -OCH3 is 1. The Hall–Kier alpha value is -3.22. The van der Waals surface area contributed by atoms with Gasteiger partial charge >= 0.3 is 0 Å². The quantitative estimate of drug-likeness (QED) is 0.757. The van der Waals surface area contributed by atoms with Crippen molar-refractivity contribution in [2.75, 3.05) is 31.0 Å². The van der Waals surface area contributed by atoms with Crippen LogP contribution in [0.5, 0.6) is 17.2 Å². The number of carbonyl (C=O) groups is 2. The van der Waals surface area contributed by atoms with E-state index in [4.69, 9.17) is 14.2 Å². The molecule has 0 saturated heterocycles. The minimum Gasteiger partial charge on any atom is -0.494 e.